The summed E-state index contributed by atoms with van der Waals surface area (Å²) in [6.45, 7) is 6.39. The Kier molecular flexibility index (Phi) is 4.68. The van der Waals surface area contributed by atoms with E-state index in [1.807, 2.05) is 0 Å². The molecule has 0 radical (unpaired) electrons. The second kappa shape index (κ2) is 6.31. The molecular weight excluding hydrogens is 282 g/mol. The lowest BCUT2D eigenvalue weighted by atomic mass is 9.96. The number of esters is 1. The lowest BCUT2D eigenvalue weighted by molar-refractivity contribution is 0.0603. The highest BCUT2D eigenvalue weighted by atomic mass is 32.1. The molecule has 1 aromatic heterocycles. The molecule has 4 heteroatoms. The van der Waals surface area contributed by atoms with Crippen molar-refractivity contribution in [3.8, 4) is 11.1 Å². The molecule has 0 spiro atoms. The van der Waals surface area contributed by atoms with Gasteiger partial charge in [0.05, 0.1) is 7.11 Å². The zero-order valence-electron chi connectivity index (χ0n) is 12.9. The van der Waals surface area contributed by atoms with Crippen molar-refractivity contribution < 1.29 is 9.53 Å². The molecular formula is C17H21NO2S. The summed E-state index contributed by atoms with van der Waals surface area (Å²) >= 11 is 1.47. The number of aryl methyl sites for hydroxylation is 1. The van der Waals surface area contributed by atoms with Crippen LogP contribution in [0.5, 0.6) is 0 Å². The Hall–Kier alpha value is -1.81. The number of carbonyl (C=O) groups excluding carboxylic acids is 1. The summed E-state index contributed by atoms with van der Waals surface area (Å²) in [5, 5.41) is 0.529. The zero-order valence-corrected chi connectivity index (χ0v) is 13.7. The Morgan fingerprint density at radius 1 is 1.29 bits per heavy atom. The number of nitrogens with two attached hydrogens (primary N) is 1. The maximum Gasteiger partial charge on any atom is 0.341 e. The average molecular weight is 303 g/mol. The molecule has 21 heavy (non-hydrogen) atoms. The smallest absolute Gasteiger partial charge is 0.341 e. The first-order valence-corrected chi connectivity index (χ1v) is 7.91. The second-order valence-corrected chi connectivity index (χ2v) is 6.40. The molecule has 1 heterocycles. The Labute approximate surface area is 129 Å². The van der Waals surface area contributed by atoms with E-state index in [1.54, 1.807) is 0 Å². The normalized spacial score (nSPS) is 10.9. The van der Waals surface area contributed by atoms with Gasteiger partial charge in [0.15, 0.2) is 0 Å². The fraction of sp³-hybridized carbons (Fsp3) is 0.353. The van der Waals surface area contributed by atoms with Crippen molar-refractivity contribution in [1.82, 2.24) is 0 Å². The SMILES string of the molecule is CCc1sc(N)c(C(=O)OC)c1-c1ccc(C(C)C)cc1. The minimum absolute atomic E-state index is 0.369. The molecule has 2 N–H and O–H groups in total. The number of nitrogen functional groups attached to an aromatic ring is 1. The third-order valence-corrected chi connectivity index (χ3v) is 4.75. The molecule has 2 aromatic rings. The predicted octanol–water partition coefficient (Wildman–Crippen LogP) is 4.47. The van der Waals surface area contributed by atoms with Gasteiger partial charge in [-0.15, -0.1) is 11.3 Å². The van der Waals surface area contributed by atoms with Crippen LogP contribution < -0.4 is 5.73 Å². The molecule has 0 saturated carbocycles. The van der Waals surface area contributed by atoms with Gasteiger partial charge >= 0.3 is 5.97 Å². The number of thiophene rings is 1. The molecule has 0 unspecified atom stereocenters. The first-order chi connectivity index (χ1) is 9.99. The van der Waals surface area contributed by atoms with E-state index in [0.29, 0.717) is 16.5 Å². The quantitative estimate of drug-likeness (QED) is 0.848. The van der Waals surface area contributed by atoms with E-state index in [-0.39, 0.29) is 5.97 Å². The molecule has 0 aliphatic carbocycles. The molecule has 0 aliphatic rings. The number of methoxy groups -OCH3 is 1. The van der Waals surface area contributed by atoms with Gasteiger partial charge in [-0.25, -0.2) is 4.79 Å². The van der Waals surface area contributed by atoms with E-state index in [2.05, 4.69) is 45.0 Å². The molecule has 0 fully saturated rings. The monoisotopic (exact) mass is 303 g/mol. The fourth-order valence-electron chi connectivity index (χ4n) is 2.39. The number of carbonyl (C=O) groups is 1. The van der Waals surface area contributed by atoms with Crippen LogP contribution in [0.1, 0.15) is 47.5 Å². The molecule has 0 bridgehead atoms. The van der Waals surface area contributed by atoms with Crippen LogP contribution in [0.4, 0.5) is 5.00 Å². The average Bonchev–Trinajstić information content (AvgIpc) is 2.83. The largest absolute Gasteiger partial charge is 0.465 e. The Morgan fingerprint density at radius 3 is 2.38 bits per heavy atom. The van der Waals surface area contributed by atoms with Crippen molar-refractivity contribution in [2.45, 2.75) is 33.1 Å². The van der Waals surface area contributed by atoms with Gasteiger partial charge in [0, 0.05) is 10.4 Å². The number of anilines is 1. The molecule has 0 aliphatic heterocycles. The minimum Gasteiger partial charge on any atom is -0.465 e. The zero-order chi connectivity index (χ0) is 15.6. The maximum atomic E-state index is 12.0. The molecule has 0 saturated heterocycles. The minimum atomic E-state index is -0.369. The summed E-state index contributed by atoms with van der Waals surface area (Å²) in [6.07, 6.45) is 0.840. The van der Waals surface area contributed by atoms with Crippen molar-refractivity contribution in [2.75, 3.05) is 12.8 Å². The summed E-state index contributed by atoms with van der Waals surface area (Å²) in [7, 11) is 1.39. The van der Waals surface area contributed by atoms with Gasteiger partial charge in [-0.2, -0.15) is 0 Å². The van der Waals surface area contributed by atoms with E-state index in [0.717, 1.165) is 22.4 Å². The lowest BCUT2D eigenvalue weighted by Gasteiger charge is -2.09. The Morgan fingerprint density at radius 2 is 1.90 bits per heavy atom. The number of ether oxygens (including phenoxy) is 1. The van der Waals surface area contributed by atoms with Gasteiger partial charge in [-0.1, -0.05) is 45.0 Å². The molecule has 0 amide bonds. The van der Waals surface area contributed by atoms with Crippen LogP contribution in [0, 0.1) is 0 Å². The highest BCUT2D eigenvalue weighted by Gasteiger charge is 2.23. The van der Waals surface area contributed by atoms with Crippen LogP contribution in [0.25, 0.3) is 11.1 Å². The van der Waals surface area contributed by atoms with E-state index < -0.39 is 0 Å². The first-order valence-electron chi connectivity index (χ1n) is 7.09. The highest BCUT2D eigenvalue weighted by Crippen LogP contribution is 2.39. The molecule has 0 atom stereocenters. The van der Waals surface area contributed by atoms with Crippen LogP contribution in [0.15, 0.2) is 24.3 Å². The topological polar surface area (TPSA) is 52.3 Å². The van der Waals surface area contributed by atoms with Crippen LogP contribution in [-0.2, 0) is 11.2 Å². The van der Waals surface area contributed by atoms with Crippen molar-refractivity contribution in [1.29, 1.82) is 0 Å². The number of hydrogen-bond acceptors (Lipinski definition) is 4. The van der Waals surface area contributed by atoms with Gasteiger partial charge in [-0.05, 0) is 23.5 Å². The van der Waals surface area contributed by atoms with E-state index >= 15 is 0 Å². The summed E-state index contributed by atoms with van der Waals surface area (Å²) in [4.78, 5) is 13.2. The number of benzene rings is 1. The Balaban J connectivity index is 2.58. The van der Waals surface area contributed by atoms with Crippen molar-refractivity contribution in [3.05, 3.63) is 40.3 Å². The predicted molar refractivity (Wildman–Crippen MR) is 89.0 cm³/mol. The van der Waals surface area contributed by atoms with E-state index in [9.17, 15) is 4.79 Å². The third-order valence-electron chi connectivity index (χ3n) is 3.59. The molecule has 112 valence electrons. The van der Waals surface area contributed by atoms with Crippen LogP contribution in [0.2, 0.25) is 0 Å². The van der Waals surface area contributed by atoms with Gasteiger partial charge in [0.25, 0.3) is 0 Å². The maximum absolute atomic E-state index is 12.0. The molecule has 3 nitrogen and oxygen atoms in total. The first kappa shape index (κ1) is 15.6. The van der Waals surface area contributed by atoms with Crippen LogP contribution in [-0.4, -0.2) is 13.1 Å². The number of rotatable bonds is 4. The summed E-state index contributed by atoms with van der Waals surface area (Å²) in [5.74, 6) is 0.115. The summed E-state index contributed by atoms with van der Waals surface area (Å²) in [6, 6.07) is 8.33. The van der Waals surface area contributed by atoms with E-state index in [1.165, 1.54) is 24.0 Å². The second-order valence-electron chi connectivity index (χ2n) is 5.26. The molecule has 2 rings (SSSR count). The third kappa shape index (κ3) is 2.95. The molecule has 1 aromatic carbocycles. The Bertz CT molecular complexity index is 642. The number of hydrogen-bond donors (Lipinski definition) is 1. The van der Waals surface area contributed by atoms with Gasteiger partial charge in [0.1, 0.15) is 10.6 Å². The standard InChI is InChI=1S/C17H21NO2S/c1-5-13-14(15(16(18)21-13)17(19)20-4)12-8-6-11(7-9-12)10(2)3/h6-10H,5,18H2,1-4H3. The van der Waals surface area contributed by atoms with Crippen molar-refractivity contribution in [2.24, 2.45) is 0 Å². The fourth-order valence-corrected chi connectivity index (χ4v) is 3.41. The van der Waals surface area contributed by atoms with Crippen molar-refractivity contribution in [3.63, 3.8) is 0 Å². The summed E-state index contributed by atoms with van der Waals surface area (Å²) < 4.78 is 4.89. The van der Waals surface area contributed by atoms with Crippen LogP contribution in [0.3, 0.4) is 0 Å². The van der Waals surface area contributed by atoms with E-state index in [4.69, 9.17) is 10.5 Å². The lowest BCUT2D eigenvalue weighted by Crippen LogP contribution is -2.05. The van der Waals surface area contributed by atoms with Gasteiger partial charge in [0.2, 0.25) is 0 Å². The van der Waals surface area contributed by atoms with Crippen LogP contribution >= 0.6 is 11.3 Å². The van der Waals surface area contributed by atoms with Gasteiger partial charge in [-0.3, -0.25) is 0 Å². The van der Waals surface area contributed by atoms with Gasteiger partial charge < -0.3 is 10.5 Å². The summed E-state index contributed by atoms with van der Waals surface area (Å²) in [5.41, 5.74) is 9.74. The highest BCUT2D eigenvalue weighted by molar-refractivity contribution is 7.17. The van der Waals surface area contributed by atoms with Crippen molar-refractivity contribution >= 4 is 22.3 Å².